The third-order valence-corrected chi connectivity index (χ3v) is 6.35. The van der Waals surface area contributed by atoms with Crippen LogP contribution in [0.4, 0.5) is 11.8 Å². The van der Waals surface area contributed by atoms with Crippen LogP contribution in [0.1, 0.15) is 31.7 Å². The summed E-state index contributed by atoms with van der Waals surface area (Å²) < 4.78 is 4.89. The summed E-state index contributed by atoms with van der Waals surface area (Å²) in [6, 6.07) is 9.52. The maximum absolute atomic E-state index is 12.5. The number of carbonyl (C=O) groups is 2. The number of esters is 1. The van der Waals surface area contributed by atoms with E-state index in [9.17, 15) is 9.59 Å². The van der Waals surface area contributed by atoms with Gasteiger partial charge in [0.15, 0.2) is 0 Å². The average molecular weight is 497 g/mol. The van der Waals surface area contributed by atoms with Crippen LogP contribution in [0.15, 0.2) is 42.7 Å². The van der Waals surface area contributed by atoms with Gasteiger partial charge in [-0.2, -0.15) is 0 Å². The molecular weight excluding hydrogens is 468 g/mol. The molecule has 9 nitrogen and oxygen atoms in total. The maximum atomic E-state index is 12.5. The SMILES string of the molecule is CCOC(=O)CCNC(=O)C1CCN(c2nccc3nc(NCc4ccccc4Cl)ncc23)CC1. The Hall–Kier alpha value is -3.46. The van der Waals surface area contributed by atoms with Crippen molar-refractivity contribution >= 4 is 46.1 Å². The summed E-state index contributed by atoms with van der Waals surface area (Å²) in [5, 5.41) is 7.64. The highest BCUT2D eigenvalue weighted by molar-refractivity contribution is 6.31. The largest absolute Gasteiger partial charge is 0.466 e. The van der Waals surface area contributed by atoms with E-state index in [1.807, 2.05) is 30.3 Å². The summed E-state index contributed by atoms with van der Waals surface area (Å²) in [6.45, 7) is 4.34. The molecular formula is C25H29ClN6O3. The molecule has 1 amide bonds. The van der Waals surface area contributed by atoms with Crippen LogP contribution in [0.5, 0.6) is 0 Å². The van der Waals surface area contributed by atoms with Crippen LogP contribution in [-0.2, 0) is 20.9 Å². The standard InChI is InChI=1S/C25H29ClN6O3/c1-2-35-22(33)8-12-28-24(34)17-9-13-32(14-10-17)23-19-16-30-25(31-21(19)7-11-27-23)29-15-18-5-3-4-6-20(18)26/h3-7,11,16-17H,2,8-10,12-15H2,1H3,(H,28,34)(H,29,30,31). The summed E-state index contributed by atoms with van der Waals surface area (Å²) in [6.07, 6.45) is 5.14. The summed E-state index contributed by atoms with van der Waals surface area (Å²) >= 11 is 6.23. The average Bonchev–Trinajstić information content (AvgIpc) is 2.88. The van der Waals surface area contributed by atoms with Crippen molar-refractivity contribution in [1.29, 1.82) is 0 Å². The summed E-state index contributed by atoms with van der Waals surface area (Å²) in [5.74, 6) is 0.945. The van der Waals surface area contributed by atoms with E-state index in [0.29, 0.717) is 56.6 Å². The molecule has 0 unspecified atom stereocenters. The molecule has 10 heteroatoms. The molecule has 35 heavy (non-hydrogen) atoms. The number of aromatic nitrogens is 3. The Bertz CT molecular complexity index is 1180. The van der Waals surface area contributed by atoms with Crippen LogP contribution >= 0.6 is 11.6 Å². The van der Waals surface area contributed by atoms with Gasteiger partial charge in [-0.25, -0.2) is 15.0 Å². The predicted octanol–water partition coefficient (Wildman–Crippen LogP) is 3.58. The smallest absolute Gasteiger partial charge is 0.307 e. The Kier molecular flexibility index (Phi) is 8.31. The first kappa shape index (κ1) is 24.7. The molecule has 0 atom stereocenters. The van der Waals surface area contributed by atoms with Crippen molar-refractivity contribution in [1.82, 2.24) is 20.3 Å². The second-order valence-electron chi connectivity index (χ2n) is 8.31. The fraction of sp³-hybridized carbons (Fsp3) is 0.400. The second kappa shape index (κ2) is 11.8. The first-order valence-corrected chi connectivity index (χ1v) is 12.2. The molecule has 1 aromatic carbocycles. The third-order valence-electron chi connectivity index (χ3n) is 5.98. The van der Waals surface area contributed by atoms with E-state index < -0.39 is 0 Å². The zero-order valence-electron chi connectivity index (χ0n) is 19.7. The molecule has 3 heterocycles. The highest BCUT2D eigenvalue weighted by Gasteiger charge is 2.26. The summed E-state index contributed by atoms with van der Waals surface area (Å²) in [5.41, 5.74) is 1.77. The Morgan fingerprint density at radius 3 is 2.74 bits per heavy atom. The lowest BCUT2D eigenvalue weighted by Crippen LogP contribution is -2.41. The Balaban J connectivity index is 1.34. The first-order chi connectivity index (χ1) is 17.0. The predicted molar refractivity (Wildman–Crippen MR) is 135 cm³/mol. The molecule has 3 aromatic rings. The molecule has 0 spiro atoms. The Labute approximate surface area is 209 Å². The Morgan fingerprint density at radius 2 is 1.97 bits per heavy atom. The monoisotopic (exact) mass is 496 g/mol. The number of hydrogen-bond donors (Lipinski definition) is 2. The van der Waals surface area contributed by atoms with Crippen molar-refractivity contribution in [3.63, 3.8) is 0 Å². The summed E-state index contributed by atoms with van der Waals surface area (Å²) in [7, 11) is 0. The number of hydrogen-bond acceptors (Lipinski definition) is 8. The van der Waals surface area contributed by atoms with E-state index in [-0.39, 0.29) is 24.2 Å². The van der Waals surface area contributed by atoms with Gasteiger partial charge in [-0.15, -0.1) is 0 Å². The normalized spacial score (nSPS) is 14.1. The number of amides is 1. The van der Waals surface area contributed by atoms with E-state index in [1.54, 1.807) is 19.3 Å². The van der Waals surface area contributed by atoms with Crippen molar-refractivity contribution in [3.8, 4) is 0 Å². The van der Waals surface area contributed by atoms with E-state index >= 15 is 0 Å². The number of halogens is 1. The minimum atomic E-state index is -0.297. The number of nitrogens with one attached hydrogen (secondary N) is 2. The van der Waals surface area contributed by atoms with E-state index in [1.165, 1.54) is 0 Å². The quantitative estimate of drug-likeness (QED) is 0.433. The highest BCUT2D eigenvalue weighted by atomic mass is 35.5. The zero-order chi connectivity index (χ0) is 24.6. The van der Waals surface area contributed by atoms with Crippen LogP contribution < -0.4 is 15.5 Å². The highest BCUT2D eigenvalue weighted by Crippen LogP contribution is 2.28. The number of rotatable bonds is 9. The van der Waals surface area contributed by atoms with E-state index in [4.69, 9.17) is 16.3 Å². The number of nitrogens with zero attached hydrogens (tertiary/aromatic N) is 4. The van der Waals surface area contributed by atoms with Gasteiger partial charge in [0.2, 0.25) is 11.9 Å². The number of ether oxygens (including phenoxy) is 1. The van der Waals surface area contributed by atoms with Crippen LogP contribution in [0.3, 0.4) is 0 Å². The van der Waals surface area contributed by atoms with Crippen LogP contribution in [0.25, 0.3) is 10.9 Å². The van der Waals surface area contributed by atoms with Crippen molar-refractivity contribution in [2.75, 3.05) is 36.5 Å². The van der Waals surface area contributed by atoms with Gasteiger partial charge in [-0.05, 0) is 37.5 Å². The molecule has 2 N–H and O–H groups in total. The lowest BCUT2D eigenvalue weighted by atomic mass is 9.95. The van der Waals surface area contributed by atoms with Crippen molar-refractivity contribution in [3.05, 3.63) is 53.3 Å². The number of anilines is 2. The van der Waals surface area contributed by atoms with Gasteiger partial charge in [0.25, 0.3) is 0 Å². The van der Waals surface area contributed by atoms with E-state index in [0.717, 1.165) is 22.3 Å². The molecule has 4 rings (SSSR count). The fourth-order valence-electron chi connectivity index (χ4n) is 4.11. The van der Waals surface area contributed by atoms with Gasteiger partial charge in [0, 0.05) is 49.5 Å². The van der Waals surface area contributed by atoms with Crippen LogP contribution in [-0.4, -0.2) is 53.1 Å². The van der Waals surface area contributed by atoms with Crippen molar-refractivity contribution in [2.24, 2.45) is 5.92 Å². The molecule has 184 valence electrons. The summed E-state index contributed by atoms with van der Waals surface area (Å²) in [4.78, 5) is 39.8. The second-order valence-corrected chi connectivity index (χ2v) is 8.72. The molecule has 1 saturated heterocycles. The first-order valence-electron chi connectivity index (χ1n) is 11.8. The number of pyridine rings is 1. The van der Waals surface area contributed by atoms with E-state index in [2.05, 4.69) is 30.5 Å². The lowest BCUT2D eigenvalue weighted by Gasteiger charge is -2.32. The molecule has 1 aliphatic rings. The molecule has 2 aromatic heterocycles. The number of benzene rings is 1. The van der Waals surface area contributed by atoms with Gasteiger partial charge in [-0.1, -0.05) is 29.8 Å². The van der Waals surface area contributed by atoms with Gasteiger partial charge in [-0.3, -0.25) is 9.59 Å². The number of piperidine rings is 1. The number of fused-ring (bicyclic) bond motifs is 1. The van der Waals surface area contributed by atoms with Crippen molar-refractivity contribution in [2.45, 2.75) is 32.7 Å². The minimum Gasteiger partial charge on any atom is -0.466 e. The molecule has 1 fully saturated rings. The molecule has 1 aliphatic heterocycles. The third kappa shape index (κ3) is 6.36. The topological polar surface area (TPSA) is 109 Å². The van der Waals surface area contributed by atoms with Gasteiger partial charge in [0.1, 0.15) is 5.82 Å². The van der Waals surface area contributed by atoms with Crippen LogP contribution in [0.2, 0.25) is 5.02 Å². The lowest BCUT2D eigenvalue weighted by molar-refractivity contribution is -0.143. The molecule has 0 saturated carbocycles. The molecule has 0 bridgehead atoms. The minimum absolute atomic E-state index is 0.0163. The maximum Gasteiger partial charge on any atom is 0.307 e. The van der Waals surface area contributed by atoms with Crippen LogP contribution in [0, 0.1) is 5.92 Å². The fourth-order valence-corrected chi connectivity index (χ4v) is 4.32. The zero-order valence-corrected chi connectivity index (χ0v) is 20.4. The Morgan fingerprint density at radius 1 is 1.17 bits per heavy atom. The van der Waals surface area contributed by atoms with Gasteiger partial charge in [0.05, 0.1) is 23.9 Å². The molecule has 0 radical (unpaired) electrons. The molecule has 0 aliphatic carbocycles. The van der Waals surface area contributed by atoms with Crippen molar-refractivity contribution < 1.29 is 14.3 Å². The van der Waals surface area contributed by atoms with Gasteiger partial charge < -0.3 is 20.3 Å². The number of carbonyl (C=O) groups excluding carboxylic acids is 2. The van der Waals surface area contributed by atoms with Gasteiger partial charge >= 0.3 is 5.97 Å².